The Morgan fingerprint density at radius 2 is 2.10 bits per heavy atom. The first-order chi connectivity index (χ1) is 9.63. The highest BCUT2D eigenvalue weighted by Gasteiger charge is 2.36. The van der Waals surface area contributed by atoms with Crippen LogP contribution in [0.5, 0.6) is 0 Å². The lowest BCUT2D eigenvalue weighted by molar-refractivity contribution is -0.130. The number of hydrogen-bond donors (Lipinski definition) is 0. The van der Waals surface area contributed by atoms with Crippen LogP contribution < -0.4 is 0 Å². The quantitative estimate of drug-likeness (QED) is 0.799. The fourth-order valence-electron chi connectivity index (χ4n) is 2.64. The van der Waals surface area contributed by atoms with Gasteiger partial charge in [0.25, 0.3) is 0 Å². The van der Waals surface area contributed by atoms with Gasteiger partial charge in [-0.05, 0) is 12.5 Å². The molecule has 108 valence electrons. The molecule has 1 aliphatic heterocycles. The summed E-state index contributed by atoms with van der Waals surface area (Å²) in [7, 11) is 1.58. The Morgan fingerprint density at radius 1 is 1.40 bits per heavy atom. The lowest BCUT2D eigenvalue weighted by atomic mass is 10.0. The summed E-state index contributed by atoms with van der Waals surface area (Å²) in [5.74, 6) is 0.0175. The van der Waals surface area contributed by atoms with Crippen LogP contribution in [0.2, 0.25) is 0 Å². The average molecular weight is 275 g/mol. The molecule has 0 bridgehead atoms. The fourth-order valence-corrected chi connectivity index (χ4v) is 2.64. The van der Waals surface area contributed by atoms with Gasteiger partial charge in [0.05, 0.1) is 12.6 Å². The summed E-state index contributed by atoms with van der Waals surface area (Å²) in [5.41, 5.74) is 1.10. The Bertz CT molecular complexity index is 472. The molecule has 0 radical (unpaired) electrons. The van der Waals surface area contributed by atoms with Gasteiger partial charge in [-0.1, -0.05) is 30.3 Å². The van der Waals surface area contributed by atoms with Crippen molar-refractivity contribution in [2.45, 2.75) is 25.8 Å². The van der Waals surface area contributed by atoms with Crippen molar-refractivity contribution in [3.05, 3.63) is 35.9 Å². The van der Waals surface area contributed by atoms with Gasteiger partial charge in [-0.25, -0.2) is 0 Å². The van der Waals surface area contributed by atoms with Crippen molar-refractivity contribution in [2.75, 3.05) is 20.3 Å². The predicted octanol–water partition coefficient (Wildman–Crippen LogP) is 2.20. The van der Waals surface area contributed by atoms with E-state index in [1.54, 1.807) is 7.11 Å². The molecule has 1 aromatic rings. The largest absolute Gasteiger partial charge is 0.384 e. The van der Waals surface area contributed by atoms with Crippen molar-refractivity contribution in [3.63, 3.8) is 0 Å². The molecule has 20 heavy (non-hydrogen) atoms. The molecule has 0 aromatic heterocycles. The van der Waals surface area contributed by atoms with Crippen molar-refractivity contribution >= 4 is 11.7 Å². The Kier molecular flexibility index (Phi) is 4.90. The fraction of sp³-hybridized carbons (Fsp3) is 0.500. The van der Waals surface area contributed by atoms with Crippen molar-refractivity contribution < 1.29 is 14.3 Å². The number of Topliss-reactive ketones (excluding diaryl/α,β-unsaturated/α-hetero) is 1. The molecule has 4 heteroatoms. The van der Waals surface area contributed by atoms with E-state index in [0.717, 1.165) is 5.56 Å². The predicted molar refractivity (Wildman–Crippen MR) is 76.2 cm³/mol. The molecule has 2 atom stereocenters. The number of hydrogen-bond acceptors (Lipinski definition) is 3. The summed E-state index contributed by atoms with van der Waals surface area (Å²) in [6.45, 7) is 2.96. The molecule has 2 rings (SSSR count). The van der Waals surface area contributed by atoms with E-state index in [9.17, 15) is 9.59 Å². The van der Waals surface area contributed by atoms with Crippen LogP contribution in [0.1, 0.15) is 31.4 Å². The Morgan fingerprint density at radius 3 is 2.75 bits per heavy atom. The SMILES string of the molecule is COCCC(=O)C1CC(=O)N(C(C)c2ccccc2)C1. The summed E-state index contributed by atoms with van der Waals surface area (Å²) in [5, 5.41) is 0. The zero-order valence-corrected chi connectivity index (χ0v) is 12.0. The Labute approximate surface area is 119 Å². The number of rotatable bonds is 6. The minimum atomic E-state index is -0.177. The van der Waals surface area contributed by atoms with E-state index in [4.69, 9.17) is 4.74 Å². The van der Waals surface area contributed by atoms with Crippen LogP contribution in [-0.2, 0) is 14.3 Å². The maximum Gasteiger partial charge on any atom is 0.223 e. The highest BCUT2D eigenvalue weighted by molar-refractivity contribution is 5.90. The Balaban J connectivity index is 2.00. The van der Waals surface area contributed by atoms with E-state index in [1.807, 2.05) is 42.2 Å². The second-order valence-electron chi connectivity index (χ2n) is 5.24. The highest BCUT2D eigenvalue weighted by atomic mass is 16.5. The maximum atomic E-state index is 12.1. The van der Waals surface area contributed by atoms with Gasteiger partial charge >= 0.3 is 0 Å². The summed E-state index contributed by atoms with van der Waals surface area (Å²) >= 11 is 0. The normalized spacial score (nSPS) is 20.2. The van der Waals surface area contributed by atoms with Gasteiger partial charge in [0.15, 0.2) is 0 Å². The van der Waals surface area contributed by atoms with Gasteiger partial charge in [0, 0.05) is 32.4 Å². The third-order valence-corrected chi connectivity index (χ3v) is 3.92. The number of benzene rings is 1. The Hall–Kier alpha value is -1.68. The lowest BCUT2D eigenvalue weighted by Crippen LogP contribution is -2.29. The second kappa shape index (κ2) is 6.66. The molecule has 2 unspecified atom stereocenters. The highest BCUT2D eigenvalue weighted by Crippen LogP contribution is 2.29. The number of carbonyl (C=O) groups excluding carboxylic acids is 2. The van der Waals surface area contributed by atoms with Gasteiger partial charge in [0.1, 0.15) is 5.78 Å². The lowest BCUT2D eigenvalue weighted by Gasteiger charge is -2.25. The molecule has 1 aromatic carbocycles. The first kappa shape index (κ1) is 14.7. The molecular weight excluding hydrogens is 254 g/mol. The molecule has 0 aliphatic carbocycles. The van der Waals surface area contributed by atoms with Crippen LogP contribution in [0.4, 0.5) is 0 Å². The van der Waals surface area contributed by atoms with Crippen molar-refractivity contribution in [1.29, 1.82) is 0 Å². The standard InChI is InChI=1S/C16H21NO3/c1-12(13-6-4-3-5-7-13)17-11-14(10-16(17)19)15(18)8-9-20-2/h3-7,12,14H,8-11H2,1-2H3. The number of amides is 1. The first-order valence-corrected chi connectivity index (χ1v) is 6.99. The number of carbonyl (C=O) groups is 2. The minimum absolute atomic E-state index is 0.0175. The van der Waals surface area contributed by atoms with Gasteiger partial charge in [-0.2, -0.15) is 0 Å². The monoisotopic (exact) mass is 275 g/mol. The van der Waals surface area contributed by atoms with Crippen LogP contribution in [0.25, 0.3) is 0 Å². The van der Waals surface area contributed by atoms with Crippen LogP contribution in [-0.4, -0.2) is 36.9 Å². The van der Waals surface area contributed by atoms with E-state index >= 15 is 0 Å². The number of ether oxygens (including phenoxy) is 1. The van der Waals surface area contributed by atoms with Gasteiger partial charge < -0.3 is 9.64 Å². The molecule has 0 N–H and O–H groups in total. The number of ketones is 1. The van der Waals surface area contributed by atoms with Crippen molar-refractivity contribution in [1.82, 2.24) is 4.90 Å². The zero-order valence-electron chi connectivity index (χ0n) is 12.0. The molecule has 1 heterocycles. The third kappa shape index (κ3) is 3.25. The first-order valence-electron chi connectivity index (χ1n) is 6.99. The molecule has 4 nitrogen and oxygen atoms in total. The van der Waals surface area contributed by atoms with Crippen LogP contribution in [0.3, 0.4) is 0 Å². The van der Waals surface area contributed by atoms with Gasteiger partial charge in [-0.3, -0.25) is 9.59 Å². The molecule has 1 fully saturated rings. The van der Waals surface area contributed by atoms with Crippen molar-refractivity contribution in [3.8, 4) is 0 Å². The van der Waals surface area contributed by atoms with E-state index < -0.39 is 0 Å². The minimum Gasteiger partial charge on any atom is -0.384 e. The van der Waals surface area contributed by atoms with E-state index in [2.05, 4.69) is 0 Å². The van der Waals surface area contributed by atoms with Gasteiger partial charge in [-0.15, -0.1) is 0 Å². The summed E-state index contributed by atoms with van der Waals surface area (Å²) in [6, 6.07) is 9.93. The van der Waals surface area contributed by atoms with E-state index in [-0.39, 0.29) is 23.7 Å². The number of methoxy groups -OCH3 is 1. The summed E-state index contributed by atoms with van der Waals surface area (Å²) < 4.78 is 4.92. The molecule has 1 amide bonds. The molecule has 1 saturated heterocycles. The van der Waals surface area contributed by atoms with Crippen molar-refractivity contribution in [2.24, 2.45) is 5.92 Å². The third-order valence-electron chi connectivity index (χ3n) is 3.92. The van der Waals surface area contributed by atoms with E-state index in [0.29, 0.717) is 26.0 Å². The summed E-state index contributed by atoms with van der Waals surface area (Å²) in [6.07, 6.45) is 0.724. The maximum absolute atomic E-state index is 12.1. The number of likely N-dealkylation sites (tertiary alicyclic amines) is 1. The molecule has 1 aliphatic rings. The number of nitrogens with zero attached hydrogens (tertiary/aromatic N) is 1. The molecular formula is C16H21NO3. The van der Waals surface area contributed by atoms with E-state index in [1.165, 1.54) is 0 Å². The smallest absolute Gasteiger partial charge is 0.223 e. The van der Waals surface area contributed by atoms with Crippen LogP contribution >= 0.6 is 0 Å². The second-order valence-corrected chi connectivity index (χ2v) is 5.24. The average Bonchev–Trinajstić information content (AvgIpc) is 2.87. The topological polar surface area (TPSA) is 46.6 Å². The summed E-state index contributed by atoms with van der Waals surface area (Å²) in [4.78, 5) is 25.9. The van der Waals surface area contributed by atoms with Crippen LogP contribution in [0, 0.1) is 5.92 Å². The molecule has 0 spiro atoms. The van der Waals surface area contributed by atoms with Crippen LogP contribution in [0.15, 0.2) is 30.3 Å². The van der Waals surface area contributed by atoms with Gasteiger partial charge in [0.2, 0.25) is 5.91 Å². The molecule has 0 saturated carbocycles. The zero-order chi connectivity index (χ0) is 14.5.